The minimum absolute atomic E-state index is 0.0569. The maximum Gasteiger partial charge on any atom is 0.270 e. The average Bonchev–Trinajstić information content (AvgIpc) is 3.27. The molecule has 0 saturated carbocycles. The van der Waals surface area contributed by atoms with Crippen LogP contribution in [0.4, 0.5) is 11.4 Å². The monoisotopic (exact) mass is 467 g/mol. The lowest BCUT2D eigenvalue weighted by atomic mass is 10.1. The summed E-state index contributed by atoms with van der Waals surface area (Å²) in [5, 5.41) is 24.2. The van der Waals surface area contributed by atoms with Gasteiger partial charge in [0.05, 0.1) is 23.5 Å². The van der Waals surface area contributed by atoms with E-state index in [9.17, 15) is 10.4 Å². The first-order chi connectivity index (χ1) is 15.1. The third kappa shape index (κ3) is 4.62. The number of rotatable bonds is 5. The number of benzene rings is 1. The van der Waals surface area contributed by atoms with Gasteiger partial charge in [-0.1, -0.05) is 35.5 Å². The number of piperidine rings is 1. The number of nitrogens with zero attached hydrogens (tertiary/aromatic N) is 5. The van der Waals surface area contributed by atoms with Crippen LogP contribution in [0.3, 0.4) is 0 Å². The summed E-state index contributed by atoms with van der Waals surface area (Å²) >= 11 is 8.84. The largest absolute Gasteiger partial charge is 0.502 e. The van der Waals surface area contributed by atoms with Gasteiger partial charge >= 0.3 is 0 Å². The molecule has 1 saturated heterocycles. The molecule has 156 valence electrons. The van der Waals surface area contributed by atoms with E-state index in [-0.39, 0.29) is 11.6 Å². The lowest BCUT2D eigenvalue weighted by Crippen LogP contribution is -2.30. The van der Waals surface area contributed by atoms with Crippen molar-refractivity contribution < 1.29 is 5.11 Å². The van der Waals surface area contributed by atoms with Gasteiger partial charge in [0.2, 0.25) is 5.88 Å². The molecule has 3 aromatic rings. The van der Waals surface area contributed by atoms with E-state index in [0.29, 0.717) is 27.1 Å². The summed E-state index contributed by atoms with van der Waals surface area (Å²) in [7, 11) is 0. The number of anilines is 1. The summed E-state index contributed by atoms with van der Waals surface area (Å²) in [6.07, 6.45) is 3.13. The fourth-order valence-corrected chi connectivity index (χ4v) is 5.43. The van der Waals surface area contributed by atoms with Gasteiger partial charge in [-0.05, 0) is 31.4 Å². The summed E-state index contributed by atoms with van der Waals surface area (Å²) in [6, 6.07) is 9.75. The number of halogens is 1. The molecule has 2 aromatic heterocycles. The molecule has 0 atom stereocenters. The third-order valence-electron chi connectivity index (χ3n) is 4.99. The Morgan fingerprint density at radius 3 is 2.65 bits per heavy atom. The van der Waals surface area contributed by atoms with E-state index < -0.39 is 0 Å². The van der Waals surface area contributed by atoms with Gasteiger partial charge in [0.25, 0.3) is 5.69 Å². The smallest absolute Gasteiger partial charge is 0.270 e. The Bertz CT molecular complexity index is 1170. The molecule has 0 radical (unpaired) electrons. The predicted octanol–water partition coefficient (Wildman–Crippen LogP) is 6.27. The van der Waals surface area contributed by atoms with Crippen molar-refractivity contribution in [2.24, 2.45) is 0 Å². The molecule has 0 aliphatic carbocycles. The van der Waals surface area contributed by atoms with Crippen molar-refractivity contribution in [3.63, 3.8) is 0 Å². The molecule has 0 spiro atoms. The van der Waals surface area contributed by atoms with Crippen LogP contribution >= 0.6 is 34.7 Å². The second kappa shape index (κ2) is 9.57. The van der Waals surface area contributed by atoms with Crippen molar-refractivity contribution in [1.29, 1.82) is 5.26 Å². The highest BCUT2D eigenvalue weighted by atomic mass is 35.5. The van der Waals surface area contributed by atoms with Gasteiger partial charge in [-0.15, -0.1) is 11.3 Å². The van der Waals surface area contributed by atoms with E-state index in [0.717, 1.165) is 48.6 Å². The fraction of sp³-hybridized carbons (Fsp3) is 0.273. The van der Waals surface area contributed by atoms with Crippen molar-refractivity contribution in [3.05, 3.63) is 57.3 Å². The first-order valence-electron chi connectivity index (χ1n) is 9.73. The van der Waals surface area contributed by atoms with Crippen LogP contribution in [0, 0.1) is 17.9 Å². The lowest BCUT2D eigenvalue weighted by molar-refractivity contribution is 0.451. The standard InChI is InChI=1S/C22H18ClN5OS2/c1-25-18-19(28-9-3-2-4-10-28)17(11-24)22(27-20(18)29)31-13-16-12-30-21(26-16)14-5-7-15(23)8-6-14/h5-8,12H,2-4,9-10,13H2,(H,27,29). The Kier molecular flexibility index (Phi) is 6.62. The van der Waals surface area contributed by atoms with Crippen LogP contribution in [0.2, 0.25) is 5.02 Å². The first-order valence-corrected chi connectivity index (χ1v) is 12.0. The zero-order chi connectivity index (χ0) is 21.8. The quantitative estimate of drug-likeness (QED) is 0.352. The normalized spacial score (nSPS) is 13.6. The Morgan fingerprint density at radius 2 is 1.97 bits per heavy atom. The zero-order valence-corrected chi connectivity index (χ0v) is 18.9. The lowest BCUT2D eigenvalue weighted by Gasteiger charge is -2.31. The molecule has 6 nitrogen and oxygen atoms in total. The maximum atomic E-state index is 10.4. The van der Waals surface area contributed by atoms with Crippen molar-refractivity contribution >= 4 is 46.1 Å². The van der Waals surface area contributed by atoms with Gasteiger partial charge in [0.15, 0.2) is 0 Å². The van der Waals surface area contributed by atoms with Crippen LogP contribution in [-0.4, -0.2) is 28.2 Å². The second-order valence-electron chi connectivity index (χ2n) is 7.02. The van der Waals surface area contributed by atoms with Crippen LogP contribution in [0.25, 0.3) is 15.4 Å². The van der Waals surface area contributed by atoms with Gasteiger partial charge in [-0.3, -0.25) is 0 Å². The van der Waals surface area contributed by atoms with E-state index in [2.05, 4.69) is 20.9 Å². The number of pyridine rings is 1. The zero-order valence-electron chi connectivity index (χ0n) is 16.5. The minimum atomic E-state index is -0.322. The van der Waals surface area contributed by atoms with E-state index >= 15 is 0 Å². The molecule has 0 unspecified atom stereocenters. The summed E-state index contributed by atoms with van der Waals surface area (Å²) in [5.74, 6) is 0.180. The van der Waals surface area contributed by atoms with Crippen molar-refractivity contribution in [1.82, 2.24) is 9.97 Å². The molecule has 31 heavy (non-hydrogen) atoms. The van der Waals surface area contributed by atoms with Gasteiger partial charge in [0.1, 0.15) is 16.1 Å². The van der Waals surface area contributed by atoms with Gasteiger partial charge < -0.3 is 10.0 Å². The maximum absolute atomic E-state index is 10.4. The molecule has 0 amide bonds. The summed E-state index contributed by atoms with van der Waals surface area (Å²) < 4.78 is 0. The molecule has 9 heteroatoms. The topological polar surface area (TPSA) is 77.4 Å². The number of hydrogen-bond donors (Lipinski definition) is 1. The van der Waals surface area contributed by atoms with Crippen LogP contribution in [0.5, 0.6) is 5.88 Å². The molecule has 3 heterocycles. The van der Waals surface area contributed by atoms with Crippen molar-refractivity contribution in [3.8, 4) is 22.5 Å². The highest BCUT2D eigenvalue weighted by molar-refractivity contribution is 7.98. The Hall–Kier alpha value is -2.78. The highest BCUT2D eigenvalue weighted by Gasteiger charge is 2.25. The van der Waals surface area contributed by atoms with E-state index in [1.54, 1.807) is 0 Å². The first kappa shape index (κ1) is 21.5. The molecule has 1 aliphatic heterocycles. The van der Waals surface area contributed by atoms with Gasteiger partial charge in [-0.25, -0.2) is 14.8 Å². The summed E-state index contributed by atoms with van der Waals surface area (Å²) in [4.78, 5) is 14.4. The minimum Gasteiger partial charge on any atom is -0.502 e. The molecule has 1 N–H and O–H groups in total. The summed E-state index contributed by atoms with van der Waals surface area (Å²) in [5.41, 5.74) is 2.77. The number of thiazole rings is 1. The highest BCUT2D eigenvalue weighted by Crippen LogP contribution is 2.44. The number of aromatic nitrogens is 2. The third-order valence-corrected chi connectivity index (χ3v) is 7.19. The molecule has 1 aromatic carbocycles. The fourth-order valence-electron chi connectivity index (χ4n) is 3.50. The Labute approximate surface area is 194 Å². The molecule has 1 fully saturated rings. The van der Waals surface area contributed by atoms with Crippen LogP contribution in [0.15, 0.2) is 34.7 Å². The van der Waals surface area contributed by atoms with E-state index in [1.807, 2.05) is 34.5 Å². The summed E-state index contributed by atoms with van der Waals surface area (Å²) in [6.45, 7) is 9.02. The SMILES string of the molecule is [C-]#[N+]c1c(O)nc(SCc2csc(-c3ccc(Cl)cc3)n2)c(C#N)c1N1CCCCC1. The van der Waals surface area contributed by atoms with Crippen LogP contribution < -0.4 is 4.90 Å². The Morgan fingerprint density at radius 1 is 1.23 bits per heavy atom. The number of thioether (sulfide) groups is 1. The average molecular weight is 468 g/mol. The predicted molar refractivity (Wildman–Crippen MR) is 125 cm³/mol. The van der Waals surface area contributed by atoms with Gasteiger partial charge in [-0.2, -0.15) is 5.26 Å². The molecule has 0 bridgehead atoms. The van der Waals surface area contributed by atoms with Crippen LogP contribution in [-0.2, 0) is 5.75 Å². The molecule has 1 aliphatic rings. The van der Waals surface area contributed by atoms with Crippen LogP contribution in [0.1, 0.15) is 30.5 Å². The van der Waals surface area contributed by atoms with E-state index in [1.165, 1.54) is 23.1 Å². The van der Waals surface area contributed by atoms with Gasteiger partial charge in [0, 0.05) is 34.8 Å². The Balaban J connectivity index is 1.60. The number of nitriles is 1. The van der Waals surface area contributed by atoms with Crippen molar-refractivity contribution in [2.75, 3.05) is 18.0 Å². The molecular weight excluding hydrogens is 450 g/mol. The molecular formula is C22H18ClN5OS2. The number of hydrogen-bond acceptors (Lipinski definition) is 7. The van der Waals surface area contributed by atoms with E-state index in [4.69, 9.17) is 18.2 Å². The number of aromatic hydroxyl groups is 1. The molecule has 4 rings (SSSR count). The second-order valence-corrected chi connectivity index (χ2v) is 9.28. The van der Waals surface area contributed by atoms with Crippen molar-refractivity contribution in [2.45, 2.75) is 30.0 Å².